The zero-order chi connectivity index (χ0) is 9.84. The van der Waals surface area contributed by atoms with Crippen LogP contribution < -0.4 is 10.6 Å². The smallest absolute Gasteiger partial charge is 0.316 e. The molecular formula is C9H15N3O. The lowest BCUT2D eigenvalue weighted by atomic mass is 10.1. The molecule has 1 fully saturated rings. The number of nitrogens with one attached hydrogen (secondary N) is 2. The van der Waals surface area contributed by atoms with Gasteiger partial charge in [-0.25, -0.2) is 4.79 Å². The molecular weight excluding hydrogens is 166 g/mol. The number of rotatable bonds is 3. The molecule has 0 radical (unpaired) electrons. The fourth-order valence-corrected chi connectivity index (χ4v) is 0.944. The molecule has 0 spiro atoms. The van der Waals surface area contributed by atoms with Crippen molar-refractivity contribution in [1.82, 2.24) is 10.6 Å². The van der Waals surface area contributed by atoms with Crippen LogP contribution in [0, 0.1) is 17.2 Å². The lowest BCUT2D eigenvalue weighted by Gasteiger charge is -2.14. The van der Waals surface area contributed by atoms with Crippen LogP contribution in [0.3, 0.4) is 0 Å². The van der Waals surface area contributed by atoms with Gasteiger partial charge in [0.05, 0.1) is 6.07 Å². The van der Waals surface area contributed by atoms with Crippen LogP contribution >= 0.6 is 0 Å². The maximum atomic E-state index is 11.2. The number of carbonyl (C=O) groups excluding carboxylic acids is 1. The van der Waals surface area contributed by atoms with Gasteiger partial charge < -0.3 is 10.6 Å². The van der Waals surface area contributed by atoms with E-state index in [-0.39, 0.29) is 11.9 Å². The fraction of sp³-hybridized carbons (Fsp3) is 0.778. The molecule has 0 aromatic rings. The number of hydrogen-bond acceptors (Lipinski definition) is 2. The third-order valence-corrected chi connectivity index (χ3v) is 2.00. The van der Waals surface area contributed by atoms with Gasteiger partial charge in [-0.3, -0.25) is 0 Å². The van der Waals surface area contributed by atoms with Gasteiger partial charge in [0, 0.05) is 6.04 Å². The van der Waals surface area contributed by atoms with Crippen molar-refractivity contribution in [3.05, 3.63) is 0 Å². The molecule has 2 N–H and O–H groups in total. The SMILES string of the molecule is CC(C)C(C#N)NC(=O)NC1CC1. The van der Waals surface area contributed by atoms with E-state index in [1.807, 2.05) is 13.8 Å². The number of carbonyl (C=O) groups is 1. The van der Waals surface area contributed by atoms with Crippen molar-refractivity contribution < 1.29 is 4.79 Å². The highest BCUT2D eigenvalue weighted by Gasteiger charge is 2.24. The van der Waals surface area contributed by atoms with E-state index in [4.69, 9.17) is 5.26 Å². The highest BCUT2D eigenvalue weighted by molar-refractivity contribution is 5.75. The molecule has 1 aliphatic rings. The summed E-state index contributed by atoms with van der Waals surface area (Å²) in [6.07, 6.45) is 2.12. The van der Waals surface area contributed by atoms with E-state index < -0.39 is 6.04 Å². The molecule has 0 aromatic carbocycles. The van der Waals surface area contributed by atoms with E-state index >= 15 is 0 Å². The van der Waals surface area contributed by atoms with Gasteiger partial charge in [0.15, 0.2) is 0 Å². The van der Waals surface area contributed by atoms with Crippen molar-refractivity contribution in [2.75, 3.05) is 0 Å². The van der Waals surface area contributed by atoms with Gasteiger partial charge in [-0.05, 0) is 18.8 Å². The highest BCUT2D eigenvalue weighted by atomic mass is 16.2. The van der Waals surface area contributed by atoms with Gasteiger partial charge in [-0.15, -0.1) is 0 Å². The number of amides is 2. The molecule has 1 aliphatic carbocycles. The van der Waals surface area contributed by atoms with Crippen LogP contribution in [0.4, 0.5) is 4.79 Å². The van der Waals surface area contributed by atoms with Crippen molar-refractivity contribution in [2.24, 2.45) is 5.92 Å². The van der Waals surface area contributed by atoms with Gasteiger partial charge in [0.1, 0.15) is 6.04 Å². The van der Waals surface area contributed by atoms with Crippen molar-refractivity contribution in [2.45, 2.75) is 38.8 Å². The molecule has 0 saturated heterocycles. The molecule has 0 heterocycles. The summed E-state index contributed by atoms with van der Waals surface area (Å²) in [4.78, 5) is 11.2. The largest absolute Gasteiger partial charge is 0.335 e. The predicted molar refractivity (Wildman–Crippen MR) is 48.9 cm³/mol. The van der Waals surface area contributed by atoms with Crippen LogP contribution in [-0.4, -0.2) is 18.1 Å². The van der Waals surface area contributed by atoms with Crippen LogP contribution in [0.1, 0.15) is 26.7 Å². The average molecular weight is 181 g/mol. The average Bonchev–Trinajstić information content (AvgIpc) is 2.83. The first-order valence-electron chi connectivity index (χ1n) is 4.60. The molecule has 0 aliphatic heterocycles. The Labute approximate surface area is 78.3 Å². The van der Waals surface area contributed by atoms with Gasteiger partial charge in [0.2, 0.25) is 0 Å². The molecule has 13 heavy (non-hydrogen) atoms. The van der Waals surface area contributed by atoms with Crippen LogP contribution in [0.5, 0.6) is 0 Å². The van der Waals surface area contributed by atoms with Gasteiger partial charge in [0.25, 0.3) is 0 Å². The van der Waals surface area contributed by atoms with Gasteiger partial charge in [-0.1, -0.05) is 13.8 Å². The number of urea groups is 1. The number of nitriles is 1. The minimum absolute atomic E-state index is 0.148. The Hall–Kier alpha value is -1.24. The van der Waals surface area contributed by atoms with Crippen molar-refractivity contribution in [3.63, 3.8) is 0 Å². The van der Waals surface area contributed by atoms with E-state index in [9.17, 15) is 4.79 Å². The Morgan fingerprint density at radius 3 is 2.54 bits per heavy atom. The summed E-state index contributed by atoms with van der Waals surface area (Å²) in [7, 11) is 0. The summed E-state index contributed by atoms with van der Waals surface area (Å²) >= 11 is 0. The van der Waals surface area contributed by atoms with Crippen LogP contribution in [0.25, 0.3) is 0 Å². The quantitative estimate of drug-likeness (QED) is 0.682. The first-order chi connectivity index (χ1) is 6.13. The zero-order valence-electron chi connectivity index (χ0n) is 8.00. The van der Waals surface area contributed by atoms with Crippen LogP contribution in [0.15, 0.2) is 0 Å². The highest BCUT2D eigenvalue weighted by Crippen LogP contribution is 2.18. The van der Waals surface area contributed by atoms with Gasteiger partial charge >= 0.3 is 6.03 Å². The molecule has 0 bridgehead atoms. The Morgan fingerprint density at radius 2 is 2.15 bits per heavy atom. The predicted octanol–water partition coefficient (Wildman–Crippen LogP) is 0.996. The maximum Gasteiger partial charge on any atom is 0.316 e. The van der Waals surface area contributed by atoms with Crippen LogP contribution in [0.2, 0.25) is 0 Å². The van der Waals surface area contributed by atoms with Gasteiger partial charge in [-0.2, -0.15) is 5.26 Å². The zero-order valence-corrected chi connectivity index (χ0v) is 8.00. The third kappa shape index (κ3) is 3.32. The molecule has 1 unspecified atom stereocenters. The summed E-state index contributed by atoms with van der Waals surface area (Å²) in [5.74, 6) is 0.148. The third-order valence-electron chi connectivity index (χ3n) is 2.00. The first-order valence-corrected chi connectivity index (χ1v) is 4.60. The minimum atomic E-state index is -0.390. The molecule has 0 aromatic heterocycles. The molecule has 1 saturated carbocycles. The van der Waals surface area contributed by atoms with E-state index in [2.05, 4.69) is 16.7 Å². The molecule has 4 heteroatoms. The van der Waals surface area contributed by atoms with E-state index in [1.54, 1.807) is 0 Å². The van der Waals surface area contributed by atoms with E-state index in [1.165, 1.54) is 0 Å². The Morgan fingerprint density at radius 1 is 1.54 bits per heavy atom. The standard InChI is InChI=1S/C9H15N3O/c1-6(2)8(5-10)12-9(13)11-7-3-4-7/h6-8H,3-4H2,1-2H3,(H2,11,12,13). The van der Waals surface area contributed by atoms with E-state index in [0.717, 1.165) is 12.8 Å². The lowest BCUT2D eigenvalue weighted by Crippen LogP contribution is -2.44. The number of hydrogen-bond donors (Lipinski definition) is 2. The maximum absolute atomic E-state index is 11.2. The normalized spacial score (nSPS) is 17.7. The summed E-state index contributed by atoms with van der Waals surface area (Å²) < 4.78 is 0. The monoisotopic (exact) mass is 181 g/mol. The topological polar surface area (TPSA) is 64.9 Å². The Kier molecular flexibility index (Phi) is 3.13. The summed E-state index contributed by atoms with van der Waals surface area (Å²) in [6.45, 7) is 3.82. The second kappa shape index (κ2) is 4.13. The van der Waals surface area contributed by atoms with Crippen LogP contribution in [-0.2, 0) is 0 Å². The summed E-state index contributed by atoms with van der Waals surface area (Å²) in [5.41, 5.74) is 0. The van der Waals surface area contributed by atoms with E-state index in [0.29, 0.717) is 6.04 Å². The Balaban J connectivity index is 2.28. The minimum Gasteiger partial charge on any atom is -0.335 e. The summed E-state index contributed by atoms with van der Waals surface area (Å²) in [6, 6.07) is 1.78. The second-order valence-electron chi connectivity index (χ2n) is 3.74. The second-order valence-corrected chi connectivity index (χ2v) is 3.74. The molecule has 1 atom stereocenters. The van der Waals surface area contributed by atoms with Crippen molar-refractivity contribution in [1.29, 1.82) is 5.26 Å². The Bertz CT molecular complexity index is 228. The summed E-state index contributed by atoms with van der Waals surface area (Å²) in [5, 5.41) is 14.1. The van der Waals surface area contributed by atoms with Crippen molar-refractivity contribution >= 4 is 6.03 Å². The molecule has 2 amide bonds. The molecule has 4 nitrogen and oxygen atoms in total. The fourth-order valence-electron chi connectivity index (χ4n) is 0.944. The number of nitrogens with zero attached hydrogens (tertiary/aromatic N) is 1. The first kappa shape index (κ1) is 9.85. The van der Waals surface area contributed by atoms with Crippen molar-refractivity contribution in [3.8, 4) is 6.07 Å². The molecule has 72 valence electrons. The molecule has 1 rings (SSSR count). The lowest BCUT2D eigenvalue weighted by molar-refractivity contribution is 0.236.